The Morgan fingerprint density at radius 3 is 1.33 bits per heavy atom. The van der Waals surface area contributed by atoms with Crippen molar-refractivity contribution in [2.45, 2.75) is 123 Å². The van der Waals surface area contributed by atoms with Crippen LogP contribution in [0.5, 0.6) is 0 Å². The van der Waals surface area contributed by atoms with E-state index in [4.69, 9.17) is 71.3 Å². The number of phosphoric ester groups is 5. The van der Waals surface area contributed by atoms with Gasteiger partial charge in [-0.3, -0.25) is 82.9 Å². The van der Waals surface area contributed by atoms with Gasteiger partial charge in [0.2, 0.25) is 0 Å². The molecule has 0 aromatic carbocycles. The van der Waals surface area contributed by atoms with E-state index in [0.717, 1.165) is 80.8 Å². The number of nitrogens with zero attached hydrogens (tertiary/aromatic N) is 14. The average molecular weight is 1630 g/mol. The third-order valence-electron chi connectivity index (χ3n) is 17.1. The first-order valence-electron chi connectivity index (χ1n) is 30.9. The summed E-state index contributed by atoms with van der Waals surface area (Å²) < 4.78 is 150. The zero-order valence-electron chi connectivity index (χ0n) is 54.2. The maximum atomic E-state index is 14.3. The van der Waals surface area contributed by atoms with E-state index in [-0.39, 0.29) is 45.1 Å². The number of nitrogens with one attached hydrogen (secondary N) is 2. The number of rotatable bonds is 28. The van der Waals surface area contributed by atoms with Gasteiger partial charge in [0.1, 0.15) is 109 Å². The molecule has 59 heteroatoms. The molecular weight excluding hydrogens is 1570 g/mol. The van der Waals surface area contributed by atoms with E-state index in [1.165, 1.54) is 7.05 Å². The smallest absolute Gasteiger partial charge is 0.394 e. The van der Waals surface area contributed by atoms with Crippen molar-refractivity contribution >= 4 is 84.2 Å². The molecule has 18 N–H and O–H groups in total. The van der Waals surface area contributed by atoms with Gasteiger partial charge in [0, 0.05) is 25.5 Å². The summed E-state index contributed by atoms with van der Waals surface area (Å²) in [6.45, 7) is -6.33. The second kappa shape index (κ2) is 30.3. The van der Waals surface area contributed by atoms with Crippen molar-refractivity contribution in [1.29, 1.82) is 0 Å². The van der Waals surface area contributed by atoms with Crippen LogP contribution in [0.3, 0.4) is 0 Å². The number of hydrogen-bond acceptors (Lipinski definition) is 40. The zero-order chi connectivity index (χ0) is 77.6. The number of hydrogen-bond donors (Lipinski definition) is 16. The maximum absolute atomic E-state index is 14.3. The molecule has 5 saturated heterocycles. The number of fused-ring (bicyclic) bond motifs is 3. The van der Waals surface area contributed by atoms with Crippen LogP contribution < -0.4 is 39.5 Å². The fraction of sp³-hybridized carbons (Fsp3) is 0.531. The third kappa shape index (κ3) is 16.1. The molecule has 13 heterocycles. The Hall–Kier alpha value is -7.48. The molecule has 8 aromatic heterocycles. The number of imidazole rings is 3. The number of phosphoric acid groups is 5. The van der Waals surface area contributed by atoms with Gasteiger partial charge in [-0.25, -0.2) is 67.3 Å². The molecule has 5 fully saturated rings. The summed E-state index contributed by atoms with van der Waals surface area (Å²) in [5.41, 5.74) is 5.56. The van der Waals surface area contributed by atoms with Crippen LogP contribution in [0.1, 0.15) is 31.1 Å². The van der Waals surface area contributed by atoms with Crippen molar-refractivity contribution in [3.8, 4) is 0 Å². The van der Waals surface area contributed by atoms with Crippen LogP contribution in [0.25, 0.3) is 33.5 Å². The number of anilines is 2. The highest BCUT2D eigenvalue weighted by molar-refractivity contribution is 7.48. The molecule has 108 heavy (non-hydrogen) atoms. The highest BCUT2D eigenvalue weighted by Gasteiger charge is 2.57. The van der Waals surface area contributed by atoms with Crippen molar-refractivity contribution in [2.75, 3.05) is 44.5 Å². The Morgan fingerprint density at radius 1 is 0.481 bits per heavy atom. The van der Waals surface area contributed by atoms with Gasteiger partial charge in [-0.2, -0.15) is 4.98 Å². The fourth-order valence-corrected chi connectivity index (χ4v) is 16.6. The first-order chi connectivity index (χ1) is 50.9. The second-order valence-corrected chi connectivity index (χ2v) is 30.9. The van der Waals surface area contributed by atoms with Crippen LogP contribution >= 0.6 is 39.1 Å². The Morgan fingerprint density at radius 2 is 0.880 bits per heavy atom. The van der Waals surface area contributed by atoms with Crippen LogP contribution in [-0.2, 0) is 94.3 Å². The van der Waals surface area contributed by atoms with E-state index < -0.39 is 223 Å². The molecule has 5 aliphatic heterocycles. The monoisotopic (exact) mass is 1630 g/mol. The van der Waals surface area contributed by atoms with E-state index in [1.54, 1.807) is 0 Å². The molecule has 0 spiro atoms. The molecule has 0 radical (unpaired) electrons. The Labute approximate surface area is 595 Å². The quantitative estimate of drug-likeness (QED) is 0.0203. The van der Waals surface area contributed by atoms with E-state index in [2.05, 4.69) is 49.4 Å². The van der Waals surface area contributed by atoms with Crippen LogP contribution in [0.2, 0.25) is 0 Å². The zero-order valence-corrected chi connectivity index (χ0v) is 58.6. The maximum Gasteiger partial charge on any atom is 0.472 e. The summed E-state index contributed by atoms with van der Waals surface area (Å²) in [6.07, 6.45) is -33.3. The van der Waals surface area contributed by atoms with E-state index in [1.807, 2.05) is 4.98 Å². The topological polar surface area (TPSA) is 759 Å². The van der Waals surface area contributed by atoms with Crippen LogP contribution in [-0.4, -0.2) is 262 Å². The molecule has 588 valence electrons. The number of aromatic nitrogens is 16. The molecule has 13 rings (SSSR count). The predicted molar refractivity (Wildman–Crippen MR) is 341 cm³/mol. The van der Waals surface area contributed by atoms with Gasteiger partial charge in [0.15, 0.2) is 64.9 Å². The number of H-pyrrole nitrogens is 2. The predicted octanol–water partition coefficient (Wildman–Crippen LogP) is -7.15. The lowest BCUT2D eigenvalue weighted by Gasteiger charge is -2.27. The summed E-state index contributed by atoms with van der Waals surface area (Å²) in [6, 6.07) is 1.83. The fourth-order valence-electron chi connectivity index (χ4n) is 12.2. The summed E-state index contributed by atoms with van der Waals surface area (Å²) >= 11 is 0. The largest absolute Gasteiger partial charge is 0.472 e. The SMILES string of the molecule is Cn1cnc2c(ncn2[C@@H]2O[C@H](COP(=O)(O)O[C@H]3[C@@H](O)[C@H](n4ccc(N)nc4=O)O[C@@H]3COP(=O)(O)O[C@H]3[C@@H](O)[C@H](n4cnc5c(=O)[nH]cnc54)O[C@@H]3COP(=O)(O)O[C@H]3[C@@H](O)[C@H](n4cnc5c(N)ncnc54)O[C@@H]3CO)[C@@H](OP(=O)(O)OC[C@H]3O[C@@H](n4ccc(=O)[nH]c4=O)[C@H](O)[C@@H]3OP(=O)(O)O)[C@H]2O)c1=O. The van der Waals surface area contributed by atoms with Gasteiger partial charge in [-0.05, 0) is 6.07 Å². The summed E-state index contributed by atoms with van der Waals surface area (Å²) in [5, 5.41) is 68.3. The molecule has 4 unspecified atom stereocenters. The molecule has 0 bridgehead atoms. The second-order valence-electron chi connectivity index (χ2n) is 24.0. The minimum Gasteiger partial charge on any atom is -0.394 e. The van der Waals surface area contributed by atoms with E-state index in [9.17, 15) is 107 Å². The van der Waals surface area contributed by atoms with Crippen LogP contribution in [0, 0.1) is 0 Å². The minimum atomic E-state index is -5.95. The number of ether oxygens (including phenoxy) is 5. The summed E-state index contributed by atoms with van der Waals surface area (Å²) in [7, 11) is -27.5. The first-order valence-corrected chi connectivity index (χ1v) is 38.4. The normalized spacial score (nSPS) is 31.9. The van der Waals surface area contributed by atoms with Crippen LogP contribution in [0.15, 0.2) is 86.5 Å². The van der Waals surface area contributed by atoms with Gasteiger partial charge in [0.05, 0.1) is 64.7 Å². The van der Waals surface area contributed by atoms with Crippen molar-refractivity contribution in [2.24, 2.45) is 7.05 Å². The van der Waals surface area contributed by atoms with Gasteiger partial charge in [-0.15, -0.1) is 0 Å². The van der Waals surface area contributed by atoms with Gasteiger partial charge >= 0.3 is 50.5 Å². The van der Waals surface area contributed by atoms with Gasteiger partial charge < -0.3 is 105 Å². The minimum absolute atomic E-state index is 0.0295. The number of aliphatic hydroxyl groups is 6. The lowest BCUT2D eigenvalue weighted by molar-refractivity contribution is -0.0654. The number of nitrogens with two attached hydrogens (primary N) is 2. The van der Waals surface area contributed by atoms with Crippen molar-refractivity contribution in [3.63, 3.8) is 0 Å². The molecule has 24 atom stereocenters. The Balaban J connectivity index is 0.731. The Bertz CT molecular complexity index is 5270. The van der Waals surface area contributed by atoms with E-state index in [0.29, 0.717) is 9.13 Å². The number of aromatic amines is 2. The van der Waals surface area contributed by atoms with Gasteiger partial charge in [0.25, 0.3) is 16.7 Å². The van der Waals surface area contributed by atoms with E-state index >= 15 is 0 Å². The molecule has 0 saturated carbocycles. The van der Waals surface area contributed by atoms with Crippen LogP contribution in [0.4, 0.5) is 11.6 Å². The first kappa shape index (κ1) is 78.6. The highest BCUT2D eigenvalue weighted by Crippen LogP contribution is 2.56. The molecular formula is C49H61N18O36P5. The lowest BCUT2D eigenvalue weighted by atomic mass is 10.1. The standard InChI is InChI=1S/C49H61N18O36P5/c1-62-13-59-40-26(42(62)76)58-16-67(40)47-31(74)36(103-106(84,85)90-7-18-33(99-104(79,80)81)28(71)43(95-18)64-5-3-23(69)61-49(64)78)21(98-47)10-93-107(86,87)101-34-19(96-44(29(34)72)63-4-2-22(50)60-48(63)77)8-92-108(88,89)102-35-20(97-46(30(35)73)66-15-57-25-39(66)54-12-55-41(25)75)9-91-105(82,83)100-32-17(6-68)94-45(27(32)70)65-14-56-24-37(51)52-11-53-38(24)65/h2-5,11-21,27-36,43-47,68,70-74H,6-10H2,1H3,(H,82,83)(H,84,85)(H,86,87)(H,88,89)(H2,50,60,77)(H2,51,52,53)(H,54,55,75)(H,61,69,78)(H2,79,80,81)/t17-,18-,19-,20-,21-,27-,28-,29-,30-,31-,32-,33-,34-,35-,36-,43-,44-,45-,46-,47-/m1/s1. The number of aliphatic hydroxyl groups excluding tert-OH is 6. The number of aryl methyl sites for hydroxylation is 1. The molecule has 8 aromatic rings. The Kier molecular flexibility index (Phi) is 22.1. The third-order valence-corrected chi connectivity index (χ3v) is 21.5. The van der Waals surface area contributed by atoms with Crippen molar-refractivity contribution in [1.82, 2.24) is 77.2 Å². The molecule has 54 nitrogen and oxygen atoms in total. The number of nitrogen functional groups attached to an aromatic ring is 2. The molecule has 0 amide bonds. The van der Waals surface area contributed by atoms with Crippen molar-refractivity contribution in [3.05, 3.63) is 115 Å². The van der Waals surface area contributed by atoms with Gasteiger partial charge in [-0.1, -0.05) is 0 Å². The lowest BCUT2D eigenvalue weighted by Crippen LogP contribution is -2.39. The molecule has 5 aliphatic rings. The van der Waals surface area contributed by atoms with Crippen molar-refractivity contribution < 1.29 is 147 Å². The highest BCUT2D eigenvalue weighted by atomic mass is 31.2. The average Bonchev–Trinajstić information content (AvgIpc) is 1.63. The summed E-state index contributed by atoms with van der Waals surface area (Å²) in [4.78, 5) is 164. The summed E-state index contributed by atoms with van der Waals surface area (Å²) in [5.74, 6) is -0.429. The molecule has 0 aliphatic carbocycles.